The number of carbonyl (C=O) groups is 2. The van der Waals surface area contributed by atoms with Crippen molar-refractivity contribution in [3.05, 3.63) is 28.8 Å². The zero-order chi connectivity index (χ0) is 19.0. The van der Waals surface area contributed by atoms with E-state index < -0.39 is 22.6 Å². The van der Waals surface area contributed by atoms with Crippen LogP contribution in [-0.4, -0.2) is 47.9 Å². The molecule has 7 heteroatoms. The molecule has 7 nitrogen and oxygen atoms in total. The minimum atomic E-state index is -0.949. The third-order valence-corrected chi connectivity index (χ3v) is 7.50. The van der Waals surface area contributed by atoms with Gasteiger partial charge in [0.15, 0.2) is 0 Å². The van der Waals surface area contributed by atoms with Crippen molar-refractivity contribution in [1.82, 2.24) is 16.0 Å². The molecule has 3 fully saturated rings. The van der Waals surface area contributed by atoms with Gasteiger partial charge in [0.25, 0.3) is 5.91 Å². The van der Waals surface area contributed by atoms with Gasteiger partial charge in [-0.1, -0.05) is 0 Å². The van der Waals surface area contributed by atoms with E-state index >= 15 is 0 Å². The van der Waals surface area contributed by atoms with Crippen molar-refractivity contribution in [2.45, 2.75) is 61.6 Å². The zero-order valence-corrected chi connectivity index (χ0v) is 15.6. The van der Waals surface area contributed by atoms with Gasteiger partial charge in [0.2, 0.25) is 0 Å². The van der Waals surface area contributed by atoms with Crippen molar-refractivity contribution in [1.29, 1.82) is 0 Å². The van der Waals surface area contributed by atoms with Crippen molar-refractivity contribution >= 4 is 11.9 Å². The van der Waals surface area contributed by atoms with Gasteiger partial charge in [0, 0.05) is 11.5 Å². The topological polar surface area (TPSA) is 99.7 Å². The van der Waals surface area contributed by atoms with Crippen LogP contribution in [0.3, 0.4) is 0 Å². The Labute approximate surface area is 157 Å². The number of aliphatic hydroxyl groups is 1. The summed E-state index contributed by atoms with van der Waals surface area (Å²) >= 11 is 0. The van der Waals surface area contributed by atoms with Gasteiger partial charge < -0.3 is 20.5 Å². The summed E-state index contributed by atoms with van der Waals surface area (Å²) < 4.78 is 5.52. The van der Waals surface area contributed by atoms with Crippen molar-refractivity contribution in [3.8, 4) is 5.75 Å². The second-order valence-electron chi connectivity index (χ2n) is 8.60. The van der Waals surface area contributed by atoms with Crippen molar-refractivity contribution < 1.29 is 19.4 Å². The molecule has 4 N–H and O–H groups in total. The summed E-state index contributed by atoms with van der Waals surface area (Å²) in [5.74, 6) is 0.491. The Morgan fingerprint density at radius 2 is 2.04 bits per heavy atom. The lowest BCUT2D eigenvalue weighted by molar-refractivity contribution is -0.151. The summed E-state index contributed by atoms with van der Waals surface area (Å²) in [6, 6.07) is 3.56. The summed E-state index contributed by atoms with van der Waals surface area (Å²) in [6.45, 7) is 2.84. The normalized spacial score (nSPS) is 39.4. The summed E-state index contributed by atoms with van der Waals surface area (Å²) in [5.41, 5.74) is 0.946. The molecule has 27 heavy (non-hydrogen) atoms. The highest BCUT2D eigenvalue weighted by Crippen LogP contribution is 2.59. The van der Waals surface area contributed by atoms with Gasteiger partial charge in [-0.05, 0) is 74.4 Å². The van der Waals surface area contributed by atoms with Crippen LogP contribution in [0.15, 0.2) is 12.1 Å². The molecule has 2 aliphatic carbocycles. The number of fused-ring (bicyclic) bond motifs is 1. The van der Waals surface area contributed by atoms with Gasteiger partial charge in [0.05, 0.1) is 12.7 Å². The molecule has 3 amide bonds. The first kappa shape index (κ1) is 17.0. The van der Waals surface area contributed by atoms with E-state index in [9.17, 15) is 14.7 Å². The Bertz CT molecular complexity index is 871. The first-order valence-corrected chi connectivity index (χ1v) is 9.61. The fourth-order valence-electron chi connectivity index (χ4n) is 6.18. The Hall–Kier alpha value is -2.12. The lowest BCUT2D eigenvalue weighted by Gasteiger charge is -2.63. The van der Waals surface area contributed by atoms with E-state index in [1.807, 2.05) is 12.1 Å². The third-order valence-electron chi connectivity index (χ3n) is 7.50. The average molecular weight is 371 g/mol. The maximum absolute atomic E-state index is 12.7. The molecule has 1 saturated carbocycles. The van der Waals surface area contributed by atoms with Crippen LogP contribution in [-0.2, 0) is 16.6 Å². The van der Waals surface area contributed by atoms with Crippen LogP contribution in [0.5, 0.6) is 5.75 Å². The molecule has 144 valence electrons. The molecule has 0 radical (unpaired) electrons. The second kappa shape index (κ2) is 5.23. The third kappa shape index (κ3) is 1.99. The van der Waals surface area contributed by atoms with Gasteiger partial charge in [-0.15, -0.1) is 0 Å². The molecule has 1 aromatic rings. The first-order chi connectivity index (χ1) is 12.8. The smallest absolute Gasteiger partial charge is 0.322 e. The predicted molar refractivity (Wildman–Crippen MR) is 97.7 cm³/mol. The van der Waals surface area contributed by atoms with Crippen LogP contribution < -0.4 is 20.7 Å². The number of aryl methyl sites for hydroxylation is 1. The number of nitrogens with one attached hydrogen (secondary N) is 3. The van der Waals surface area contributed by atoms with Crippen LogP contribution >= 0.6 is 0 Å². The number of ether oxygens (including phenoxy) is 1. The van der Waals surface area contributed by atoms with E-state index in [1.54, 1.807) is 7.11 Å². The van der Waals surface area contributed by atoms with Gasteiger partial charge >= 0.3 is 6.03 Å². The number of piperidine rings is 1. The molecule has 5 rings (SSSR count). The molecular formula is C20H25N3O4. The van der Waals surface area contributed by atoms with Gasteiger partial charge in [-0.3, -0.25) is 10.1 Å². The number of hydrogen-bond acceptors (Lipinski definition) is 5. The lowest BCUT2D eigenvalue weighted by atomic mass is 9.47. The summed E-state index contributed by atoms with van der Waals surface area (Å²) in [6.07, 6.45) is 2.79. The fourth-order valence-corrected chi connectivity index (χ4v) is 6.18. The number of carbonyl (C=O) groups excluding carboxylic acids is 2. The number of amides is 3. The van der Waals surface area contributed by atoms with Crippen LogP contribution in [0.1, 0.15) is 42.4 Å². The number of methoxy groups -OCH3 is 1. The molecule has 4 aliphatic rings. The molecular weight excluding hydrogens is 346 g/mol. The fraction of sp³-hybridized carbons (Fsp3) is 0.600. The highest BCUT2D eigenvalue weighted by molar-refractivity contribution is 6.07. The summed E-state index contributed by atoms with van der Waals surface area (Å²) in [4.78, 5) is 24.6. The maximum Gasteiger partial charge on any atom is 0.322 e. The number of hydrogen-bond donors (Lipinski definition) is 4. The van der Waals surface area contributed by atoms with Crippen LogP contribution in [0.25, 0.3) is 0 Å². The monoisotopic (exact) mass is 371 g/mol. The Kier molecular flexibility index (Phi) is 3.30. The molecule has 2 heterocycles. The molecule has 1 spiro atoms. The highest BCUT2D eigenvalue weighted by atomic mass is 16.5. The Morgan fingerprint density at radius 1 is 1.22 bits per heavy atom. The lowest BCUT2D eigenvalue weighted by Crippen LogP contribution is -2.75. The quantitative estimate of drug-likeness (QED) is 0.544. The van der Waals surface area contributed by atoms with E-state index in [0.29, 0.717) is 25.7 Å². The molecule has 2 bridgehead atoms. The molecule has 1 aromatic carbocycles. The standard InChI is InChI=1S/C20H25N3O4/c1-11-7-12(27-2)8-14-13(11)9-15-20(26)4-3-19(16(24)22-17(25)23-19)10-18(14,20)5-6-21-15/h7-8,15,21,26H,3-6,9-10H2,1-2H3,(H2,22,23,24,25)/t15-,18-,19+,20-/m1/s1. The molecule has 2 saturated heterocycles. The van der Waals surface area contributed by atoms with E-state index in [-0.39, 0.29) is 11.9 Å². The largest absolute Gasteiger partial charge is 0.497 e. The van der Waals surface area contributed by atoms with E-state index in [4.69, 9.17) is 4.74 Å². The maximum atomic E-state index is 12.7. The number of benzene rings is 1. The predicted octanol–water partition coefficient (Wildman–Crippen LogP) is 0.653. The first-order valence-electron chi connectivity index (χ1n) is 9.61. The zero-order valence-electron chi connectivity index (χ0n) is 15.6. The van der Waals surface area contributed by atoms with Crippen LogP contribution in [0, 0.1) is 6.92 Å². The Balaban J connectivity index is 1.73. The minimum Gasteiger partial charge on any atom is -0.497 e. The van der Waals surface area contributed by atoms with E-state index in [0.717, 1.165) is 29.8 Å². The number of imide groups is 1. The summed E-state index contributed by atoms with van der Waals surface area (Å²) in [7, 11) is 1.64. The van der Waals surface area contributed by atoms with E-state index in [1.165, 1.54) is 5.56 Å². The summed E-state index contributed by atoms with van der Waals surface area (Å²) in [5, 5.41) is 20.7. The minimum absolute atomic E-state index is 0.0524. The SMILES string of the molecule is COc1cc(C)c2c(c1)[C@]13CCN[C@H](C2)[C@]1(O)CC[C@@]1(C3)NC(=O)NC1=O. The van der Waals surface area contributed by atoms with Crippen molar-refractivity contribution in [2.75, 3.05) is 13.7 Å². The highest BCUT2D eigenvalue weighted by Gasteiger charge is 2.68. The van der Waals surface area contributed by atoms with Crippen molar-refractivity contribution in [3.63, 3.8) is 0 Å². The van der Waals surface area contributed by atoms with Gasteiger partial charge in [0.1, 0.15) is 11.3 Å². The van der Waals surface area contributed by atoms with Gasteiger partial charge in [-0.2, -0.15) is 0 Å². The molecule has 0 aromatic heterocycles. The Morgan fingerprint density at radius 3 is 2.74 bits per heavy atom. The van der Waals surface area contributed by atoms with Crippen molar-refractivity contribution in [2.24, 2.45) is 0 Å². The van der Waals surface area contributed by atoms with E-state index in [2.05, 4.69) is 22.9 Å². The molecule has 4 atom stereocenters. The van der Waals surface area contributed by atoms with Crippen LogP contribution in [0.4, 0.5) is 4.79 Å². The molecule has 2 aliphatic heterocycles. The number of rotatable bonds is 1. The van der Waals surface area contributed by atoms with Crippen LogP contribution in [0.2, 0.25) is 0 Å². The van der Waals surface area contributed by atoms with Gasteiger partial charge in [-0.25, -0.2) is 4.79 Å². The molecule has 0 unspecified atom stereocenters. The number of urea groups is 1. The second-order valence-corrected chi connectivity index (χ2v) is 8.60. The average Bonchev–Trinajstić information content (AvgIpc) is 2.89.